The van der Waals surface area contributed by atoms with E-state index < -0.39 is 0 Å². The first-order chi connectivity index (χ1) is 14.2. The lowest BCUT2D eigenvalue weighted by molar-refractivity contribution is 0.0955. The summed E-state index contributed by atoms with van der Waals surface area (Å²) < 4.78 is 11.3. The number of carbonyl (C=O) groups is 1. The number of hydrogen-bond acceptors (Lipinski definition) is 4. The largest absolute Gasteiger partial charge is 0.494 e. The Morgan fingerprint density at radius 2 is 1.72 bits per heavy atom. The minimum absolute atomic E-state index is 0.302. The Morgan fingerprint density at radius 3 is 2.45 bits per heavy atom. The summed E-state index contributed by atoms with van der Waals surface area (Å²) in [5, 5.41) is 4.74. The summed E-state index contributed by atoms with van der Waals surface area (Å²) in [6, 6.07) is 21.8. The number of hydrazone groups is 1. The van der Waals surface area contributed by atoms with Gasteiger partial charge in [-0.25, -0.2) is 5.43 Å². The zero-order valence-electron chi connectivity index (χ0n) is 16.0. The molecule has 0 saturated heterocycles. The fraction of sp³-hybridized carbons (Fsp3) is 0.130. The fourth-order valence-electron chi connectivity index (χ4n) is 2.55. The average molecular weight is 409 g/mol. The molecule has 0 aromatic heterocycles. The third-order valence-corrected chi connectivity index (χ3v) is 4.28. The van der Waals surface area contributed by atoms with E-state index >= 15 is 0 Å². The molecule has 0 saturated carbocycles. The van der Waals surface area contributed by atoms with Gasteiger partial charge in [-0.15, -0.1) is 0 Å². The lowest BCUT2D eigenvalue weighted by Crippen LogP contribution is -2.17. The first-order valence-corrected chi connectivity index (χ1v) is 9.56. The van der Waals surface area contributed by atoms with Crippen LogP contribution in [0.1, 0.15) is 28.4 Å². The van der Waals surface area contributed by atoms with Crippen molar-refractivity contribution in [2.24, 2.45) is 5.10 Å². The molecule has 0 aliphatic heterocycles. The standard InChI is InChI=1S/C23H21ClN2O3/c1-2-28-21-13-9-18(10-14-21)23(27)26-25-15-19-5-3-4-6-22(19)29-16-17-7-11-20(24)12-8-17/h3-15H,2,16H2,1H3,(H,26,27)/b25-15-. The number of amides is 1. The van der Waals surface area contributed by atoms with Crippen LogP contribution in [0.3, 0.4) is 0 Å². The van der Waals surface area contributed by atoms with E-state index in [1.165, 1.54) is 0 Å². The third kappa shape index (κ3) is 6.09. The van der Waals surface area contributed by atoms with Crippen LogP contribution in [-0.4, -0.2) is 18.7 Å². The lowest BCUT2D eigenvalue weighted by Gasteiger charge is -2.09. The van der Waals surface area contributed by atoms with E-state index in [9.17, 15) is 4.79 Å². The van der Waals surface area contributed by atoms with Crippen molar-refractivity contribution >= 4 is 23.7 Å². The highest BCUT2D eigenvalue weighted by molar-refractivity contribution is 6.30. The Kier molecular flexibility index (Phi) is 7.25. The van der Waals surface area contributed by atoms with Crippen LogP contribution in [0.2, 0.25) is 5.02 Å². The van der Waals surface area contributed by atoms with Crippen molar-refractivity contribution in [2.75, 3.05) is 6.61 Å². The van der Waals surface area contributed by atoms with Crippen LogP contribution in [-0.2, 0) is 6.61 Å². The molecule has 0 aliphatic carbocycles. The quantitative estimate of drug-likeness (QED) is 0.417. The topological polar surface area (TPSA) is 59.9 Å². The predicted octanol–water partition coefficient (Wildman–Crippen LogP) is 5.08. The maximum atomic E-state index is 12.2. The van der Waals surface area contributed by atoms with Gasteiger partial charge in [0.05, 0.1) is 12.8 Å². The van der Waals surface area contributed by atoms with Gasteiger partial charge in [0.25, 0.3) is 5.91 Å². The molecule has 5 nitrogen and oxygen atoms in total. The van der Waals surface area contributed by atoms with Gasteiger partial charge in [0.1, 0.15) is 18.1 Å². The number of nitrogens with one attached hydrogen (secondary N) is 1. The maximum absolute atomic E-state index is 12.2. The molecular formula is C23H21ClN2O3. The summed E-state index contributed by atoms with van der Waals surface area (Å²) in [5.41, 5.74) is 4.79. The summed E-state index contributed by atoms with van der Waals surface area (Å²) in [6.07, 6.45) is 1.56. The van der Waals surface area contributed by atoms with Crippen LogP contribution < -0.4 is 14.9 Å². The number of benzene rings is 3. The second-order valence-electron chi connectivity index (χ2n) is 6.11. The lowest BCUT2D eigenvalue weighted by atomic mass is 10.2. The molecule has 0 bridgehead atoms. The number of ether oxygens (including phenoxy) is 2. The normalized spacial score (nSPS) is 10.7. The number of carbonyl (C=O) groups excluding carboxylic acids is 1. The zero-order valence-corrected chi connectivity index (χ0v) is 16.7. The number of para-hydroxylation sites is 1. The summed E-state index contributed by atoms with van der Waals surface area (Å²) in [4.78, 5) is 12.2. The van der Waals surface area contributed by atoms with E-state index in [-0.39, 0.29) is 5.91 Å². The first-order valence-electron chi connectivity index (χ1n) is 9.18. The number of hydrogen-bond donors (Lipinski definition) is 1. The maximum Gasteiger partial charge on any atom is 0.271 e. The van der Waals surface area contributed by atoms with Crippen molar-refractivity contribution in [2.45, 2.75) is 13.5 Å². The van der Waals surface area contributed by atoms with Crippen LogP contribution in [0.15, 0.2) is 77.9 Å². The molecule has 29 heavy (non-hydrogen) atoms. The average Bonchev–Trinajstić information content (AvgIpc) is 2.75. The van der Waals surface area contributed by atoms with Gasteiger partial charge in [-0.05, 0) is 61.0 Å². The molecule has 6 heteroatoms. The van der Waals surface area contributed by atoms with Gasteiger partial charge in [-0.2, -0.15) is 5.10 Å². The van der Waals surface area contributed by atoms with Crippen molar-refractivity contribution in [1.29, 1.82) is 0 Å². The molecule has 0 fully saturated rings. The van der Waals surface area contributed by atoms with E-state index in [1.807, 2.05) is 55.5 Å². The minimum atomic E-state index is -0.302. The van der Waals surface area contributed by atoms with Crippen molar-refractivity contribution in [1.82, 2.24) is 5.43 Å². The molecule has 0 radical (unpaired) electrons. The highest BCUT2D eigenvalue weighted by atomic mass is 35.5. The Bertz CT molecular complexity index is 970. The van der Waals surface area contributed by atoms with Gasteiger partial charge in [-0.1, -0.05) is 35.9 Å². The molecule has 3 aromatic carbocycles. The highest BCUT2D eigenvalue weighted by Gasteiger charge is 2.05. The van der Waals surface area contributed by atoms with Gasteiger partial charge >= 0.3 is 0 Å². The fourth-order valence-corrected chi connectivity index (χ4v) is 2.68. The first kappa shape index (κ1) is 20.4. The second kappa shape index (κ2) is 10.3. The van der Waals surface area contributed by atoms with E-state index in [4.69, 9.17) is 21.1 Å². The van der Waals surface area contributed by atoms with Crippen LogP contribution in [0.4, 0.5) is 0 Å². The van der Waals surface area contributed by atoms with Crippen molar-refractivity contribution in [3.8, 4) is 11.5 Å². The molecule has 0 heterocycles. The molecule has 0 aliphatic rings. The summed E-state index contributed by atoms with van der Waals surface area (Å²) >= 11 is 5.90. The van der Waals surface area contributed by atoms with Crippen molar-refractivity contribution in [3.05, 3.63) is 94.5 Å². The second-order valence-corrected chi connectivity index (χ2v) is 6.55. The van der Waals surface area contributed by atoms with Gasteiger partial charge < -0.3 is 9.47 Å². The molecule has 1 amide bonds. The van der Waals surface area contributed by atoms with Crippen molar-refractivity contribution in [3.63, 3.8) is 0 Å². The highest BCUT2D eigenvalue weighted by Crippen LogP contribution is 2.18. The molecule has 3 rings (SSSR count). The van der Waals surface area contributed by atoms with Gasteiger partial charge in [0.15, 0.2) is 0 Å². The van der Waals surface area contributed by atoms with E-state index in [0.29, 0.717) is 29.5 Å². The van der Waals surface area contributed by atoms with E-state index in [0.717, 1.165) is 16.9 Å². The third-order valence-electron chi connectivity index (χ3n) is 4.02. The molecule has 3 aromatic rings. The number of halogens is 1. The van der Waals surface area contributed by atoms with E-state index in [2.05, 4.69) is 10.5 Å². The minimum Gasteiger partial charge on any atom is -0.494 e. The number of nitrogens with zero attached hydrogens (tertiary/aromatic N) is 1. The van der Waals surface area contributed by atoms with Gasteiger partial charge in [-0.3, -0.25) is 4.79 Å². The molecule has 0 atom stereocenters. The van der Waals surface area contributed by atoms with Gasteiger partial charge in [0.2, 0.25) is 0 Å². The summed E-state index contributed by atoms with van der Waals surface area (Å²) in [6.45, 7) is 2.89. The summed E-state index contributed by atoms with van der Waals surface area (Å²) in [5.74, 6) is 1.09. The Hall–Kier alpha value is -3.31. The smallest absolute Gasteiger partial charge is 0.271 e. The molecular weight excluding hydrogens is 388 g/mol. The molecule has 1 N–H and O–H groups in total. The van der Waals surface area contributed by atoms with Crippen LogP contribution in [0, 0.1) is 0 Å². The van der Waals surface area contributed by atoms with E-state index in [1.54, 1.807) is 30.5 Å². The SMILES string of the molecule is CCOc1ccc(C(=O)N/N=C\c2ccccc2OCc2ccc(Cl)cc2)cc1. The van der Waals surface area contributed by atoms with Crippen molar-refractivity contribution < 1.29 is 14.3 Å². The zero-order chi connectivity index (χ0) is 20.5. The number of rotatable bonds is 8. The molecule has 0 unspecified atom stereocenters. The monoisotopic (exact) mass is 408 g/mol. The molecule has 0 spiro atoms. The van der Waals surface area contributed by atoms with Gasteiger partial charge in [0, 0.05) is 16.1 Å². The Morgan fingerprint density at radius 1 is 1.00 bits per heavy atom. The van der Waals surface area contributed by atoms with Crippen LogP contribution in [0.25, 0.3) is 0 Å². The predicted molar refractivity (Wildman–Crippen MR) is 115 cm³/mol. The Labute approximate surface area is 174 Å². The van der Waals surface area contributed by atoms with Crippen LogP contribution >= 0.6 is 11.6 Å². The molecule has 148 valence electrons. The summed E-state index contributed by atoms with van der Waals surface area (Å²) in [7, 11) is 0. The van der Waals surface area contributed by atoms with Crippen LogP contribution in [0.5, 0.6) is 11.5 Å². The Balaban J connectivity index is 1.60.